The van der Waals surface area contributed by atoms with Crippen molar-refractivity contribution >= 4 is 0 Å². The van der Waals surface area contributed by atoms with E-state index in [1.54, 1.807) is 18.5 Å². The Morgan fingerprint density at radius 2 is 2.00 bits per heavy atom. The second kappa shape index (κ2) is 6.68. The highest BCUT2D eigenvalue weighted by molar-refractivity contribution is 5.30. The van der Waals surface area contributed by atoms with Crippen LogP contribution in [-0.4, -0.2) is 28.2 Å². The van der Waals surface area contributed by atoms with Crippen molar-refractivity contribution in [1.82, 2.24) is 15.3 Å². The molecule has 1 heterocycles. The van der Waals surface area contributed by atoms with Gasteiger partial charge < -0.3 is 15.2 Å². The number of nitrogens with one attached hydrogen (secondary N) is 1. The van der Waals surface area contributed by atoms with Crippen LogP contribution in [0.3, 0.4) is 0 Å². The lowest BCUT2D eigenvalue weighted by molar-refractivity contribution is 0.292. The van der Waals surface area contributed by atoms with E-state index < -0.39 is 0 Å². The van der Waals surface area contributed by atoms with Gasteiger partial charge in [-0.1, -0.05) is 12.1 Å². The summed E-state index contributed by atoms with van der Waals surface area (Å²) >= 11 is 0. The van der Waals surface area contributed by atoms with Crippen LogP contribution in [0.5, 0.6) is 11.8 Å². The molecule has 2 N–H and O–H groups in total. The molecule has 0 saturated carbocycles. The van der Waals surface area contributed by atoms with Crippen LogP contribution in [0.1, 0.15) is 5.56 Å². The first kappa shape index (κ1) is 12.5. The fourth-order valence-corrected chi connectivity index (χ4v) is 1.47. The third kappa shape index (κ3) is 3.80. The third-order valence-corrected chi connectivity index (χ3v) is 2.27. The zero-order valence-corrected chi connectivity index (χ0v) is 9.91. The van der Waals surface area contributed by atoms with Gasteiger partial charge in [-0.15, -0.1) is 0 Å². The Kier molecular flexibility index (Phi) is 4.63. The van der Waals surface area contributed by atoms with E-state index in [1.807, 2.05) is 24.3 Å². The lowest BCUT2D eigenvalue weighted by Crippen LogP contribution is -2.17. The van der Waals surface area contributed by atoms with Crippen LogP contribution in [0.4, 0.5) is 0 Å². The summed E-state index contributed by atoms with van der Waals surface area (Å²) in [5.41, 5.74) is 1.08. The van der Waals surface area contributed by atoms with Crippen LogP contribution < -0.4 is 10.1 Å². The van der Waals surface area contributed by atoms with E-state index in [4.69, 9.17) is 9.84 Å². The van der Waals surface area contributed by atoms with Gasteiger partial charge in [-0.2, -0.15) is 0 Å². The zero-order chi connectivity index (χ0) is 12.6. The lowest BCUT2D eigenvalue weighted by Gasteiger charge is -2.06. The molecule has 0 unspecified atom stereocenters. The van der Waals surface area contributed by atoms with Crippen LogP contribution >= 0.6 is 0 Å². The summed E-state index contributed by atoms with van der Waals surface area (Å²) in [7, 11) is 0. The number of rotatable bonds is 6. The number of hydrogen-bond acceptors (Lipinski definition) is 5. The van der Waals surface area contributed by atoms with Gasteiger partial charge in [0.2, 0.25) is 0 Å². The summed E-state index contributed by atoms with van der Waals surface area (Å²) in [4.78, 5) is 7.99. The fraction of sp³-hybridized carbons (Fsp3) is 0.231. The Labute approximate surface area is 105 Å². The predicted octanol–water partition coefficient (Wildman–Crippen LogP) is 1.35. The van der Waals surface area contributed by atoms with Gasteiger partial charge in [0, 0.05) is 25.5 Å². The van der Waals surface area contributed by atoms with Crippen molar-refractivity contribution in [3.63, 3.8) is 0 Å². The first-order chi connectivity index (χ1) is 8.88. The number of aliphatic hydroxyl groups is 1. The Bertz CT molecular complexity index is 477. The highest BCUT2D eigenvalue weighted by Crippen LogP contribution is 2.18. The normalized spacial score (nSPS) is 10.3. The van der Waals surface area contributed by atoms with Crippen molar-refractivity contribution in [1.29, 1.82) is 0 Å². The van der Waals surface area contributed by atoms with E-state index in [0.29, 0.717) is 24.8 Å². The minimum absolute atomic E-state index is 0.133. The maximum absolute atomic E-state index is 8.69. The fourth-order valence-electron chi connectivity index (χ4n) is 1.47. The zero-order valence-electron chi connectivity index (χ0n) is 9.91. The summed E-state index contributed by atoms with van der Waals surface area (Å²) in [6.45, 7) is 1.40. The van der Waals surface area contributed by atoms with Gasteiger partial charge in [-0.25, -0.2) is 9.97 Å². The number of ether oxygens (including phenoxy) is 1. The molecular formula is C13H15N3O2. The Hall–Kier alpha value is -1.98. The number of aromatic nitrogens is 2. The second-order valence-electron chi connectivity index (χ2n) is 3.68. The number of nitrogens with zero attached hydrogens (tertiary/aromatic N) is 2. The van der Waals surface area contributed by atoms with Crippen LogP contribution in [0.2, 0.25) is 0 Å². The predicted molar refractivity (Wildman–Crippen MR) is 67.3 cm³/mol. The maximum atomic E-state index is 8.69. The van der Waals surface area contributed by atoms with Crippen molar-refractivity contribution in [3.05, 3.63) is 48.3 Å². The van der Waals surface area contributed by atoms with Crippen molar-refractivity contribution in [2.24, 2.45) is 0 Å². The minimum atomic E-state index is 0.133. The van der Waals surface area contributed by atoms with Crippen molar-refractivity contribution < 1.29 is 9.84 Å². The van der Waals surface area contributed by atoms with Crippen molar-refractivity contribution in [3.8, 4) is 11.8 Å². The monoisotopic (exact) mass is 245 g/mol. The Morgan fingerprint density at radius 1 is 1.17 bits per heavy atom. The molecule has 5 nitrogen and oxygen atoms in total. The number of hydrogen-bond donors (Lipinski definition) is 2. The number of aliphatic hydroxyl groups excluding tert-OH is 1. The molecule has 1 aromatic heterocycles. The quantitative estimate of drug-likeness (QED) is 0.752. The molecule has 0 aliphatic heterocycles. The average molecular weight is 245 g/mol. The first-order valence-electron chi connectivity index (χ1n) is 5.74. The van der Waals surface area contributed by atoms with Gasteiger partial charge in [0.05, 0.1) is 6.61 Å². The molecular weight excluding hydrogens is 230 g/mol. The molecule has 0 aliphatic rings. The number of benzene rings is 1. The molecule has 0 atom stereocenters. The minimum Gasteiger partial charge on any atom is -0.424 e. The topological polar surface area (TPSA) is 67.3 Å². The second-order valence-corrected chi connectivity index (χ2v) is 3.68. The highest BCUT2D eigenvalue weighted by Gasteiger charge is 2.00. The van der Waals surface area contributed by atoms with Gasteiger partial charge in [0.15, 0.2) is 0 Å². The standard InChI is InChI=1S/C13H15N3O2/c17-8-7-14-10-11-3-1-4-12(9-11)18-13-15-5-2-6-16-13/h1-6,9,14,17H,7-8,10H2. The van der Waals surface area contributed by atoms with Crippen LogP contribution in [-0.2, 0) is 6.54 Å². The van der Waals surface area contributed by atoms with Gasteiger partial charge in [0.25, 0.3) is 0 Å². The Morgan fingerprint density at radius 3 is 2.78 bits per heavy atom. The first-order valence-corrected chi connectivity index (χ1v) is 5.74. The molecule has 18 heavy (non-hydrogen) atoms. The molecule has 2 aromatic rings. The summed E-state index contributed by atoms with van der Waals surface area (Å²) in [5.74, 6) is 0.699. The van der Waals surface area contributed by atoms with Gasteiger partial charge in [-0.05, 0) is 23.8 Å². The van der Waals surface area contributed by atoms with E-state index in [9.17, 15) is 0 Å². The van der Waals surface area contributed by atoms with Crippen LogP contribution in [0, 0.1) is 0 Å². The van der Waals surface area contributed by atoms with E-state index in [-0.39, 0.29) is 6.61 Å². The molecule has 5 heteroatoms. The molecule has 1 aromatic carbocycles. The van der Waals surface area contributed by atoms with E-state index in [2.05, 4.69) is 15.3 Å². The van der Waals surface area contributed by atoms with Crippen LogP contribution in [0.25, 0.3) is 0 Å². The summed E-state index contributed by atoms with van der Waals surface area (Å²) < 4.78 is 5.53. The maximum Gasteiger partial charge on any atom is 0.321 e. The summed E-state index contributed by atoms with van der Waals surface area (Å²) in [5, 5.41) is 11.8. The van der Waals surface area contributed by atoms with Crippen molar-refractivity contribution in [2.75, 3.05) is 13.2 Å². The van der Waals surface area contributed by atoms with Gasteiger partial charge in [0.1, 0.15) is 5.75 Å². The molecule has 0 spiro atoms. The molecule has 0 radical (unpaired) electrons. The van der Waals surface area contributed by atoms with E-state index in [0.717, 1.165) is 5.56 Å². The average Bonchev–Trinajstić information content (AvgIpc) is 2.41. The molecule has 0 fully saturated rings. The molecule has 0 amide bonds. The SMILES string of the molecule is OCCNCc1cccc(Oc2ncccn2)c1. The molecule has 0 saturated heterocycles. The molecule has 0 bridgehead atoms. The van der Waals surface area contributed by atoms with Crippen LogP contribution in [0.15, 0.2) is 42.7 Å². The molecule has 94 valence electrons. The lowest BCUT2D eigenvalue weighted by atomic mass is 10.2. The van der Waals surface area contributed by atoms with Crippen molar-refractivity contribution in [2.45, 2.75) is 6.54 Å². The molecule has 0 aliphatic carbocycles. The van der Waals surface area contributed by atoms with Gasteiger partial charge >= 0.3 is 6.01 Å². The Balaban J connectivity index is 1.99. The smallest absolute Gasteiger partial charge is 0.321 e. The highest BCUT2D eigenvalue weighted by atomic mass is 16.5. The van der Waals surface area contributed by atoms with Gasteiger partial charge in [-0.3, -0.25) is 0 Å². The third-order valence-electron chi connectivity index (χ3n) is 2.27. The molecule has 2 rings (SSSR count). The largest absolute Gasteiger partial charge is 0.424 e. The van der Waals surface area contributed by atoms with E-state index in [1.165, 1.54) is 0 Å². The van der Waals surface area contributed by atoms with E-state index >= 15 is 0 Å². The summed E-state index contributed by atoms with van der Waals surface area (Å²) in [6, 6.07) is 9.74. The summed E-state index contributed by atoms with van der Waals surface area (Å²) in [6.07, 6.45) is 3.27.